The van der Waals surface area contributed by atoms with Crippen molar-refractivity contribution in [3.05, 3.63) is 0 Å². The highest BCUT2D eigenvalue weighted by atomic mass is 127. The maximum absolute atomic E-state index is 10.6. The quantitative estimate of drug-likeness (QED) is 0.280. The molecule has 72 valence electrons. The number of hydrogen-bond acceptors (Lipinski definition) is 1. The Morgan fingerprint density at radius 2 is 1.50 bits per heavy atom. The molecule has 0 saturated carbocycles. The smallest absolute Gasteiger partial charge is 0.192 e. The van der Waals surface area contributed by atoms with Crippen molar-refractivity contribution in [3.63, 3.8) is 0 Å². The summed E-state index contributed by atoms with van der Waals surface area (Å²) in [4.78, 5) is 10.6. The van der Waals surface area contributed by atoms with E-state index in [4.69, 9.17) is 0 Å². The van der Waals surface area contributed by atoms with Crippen LogP contribution in [0.3, 0.4) is 0 Å². The van der Waals surface area contributed by atoms with Gasteiger partial charge >= 0.3 is 0 Å². The van der Waals surface area contributed by atoms with E-state index in [1.165, 1.54) is 32.1 Å². The second-order valence-electron chi connectivity index (χ2n) is 2.92. The molecule has 0 atom stereocenters. The Morgan fingerprint density at radius 1 is 1.00 bits per heavy atom. The minimum absolute atomic E-state index is 0.299. The van der Waals surface area contributed by atoms with Crippen LogP contribution in [0.5, 0.6) is 0 Å². The Balaban J connectivity index is 2.86. The molecule has 0 aliphatic heterocycles. The van der Waals surface area contributed by atoms with Gasteiger partial charge in [0.15, 0.2) is 3.79 Å². The van der Waals surface area contributed by atoms with Gasteiger partial charge in [-0.3, -0.25) is 4.79 Å². The van der Waals surface area contributed by atoms with Crippen molar-refractivity contribution >= 4 is 42.3 Å². The van der Waals surface area contributed by atoms with E-state index in [1.54, 1.807) is 0 Å². The summed E-state index contributed by atoms with van der Waals surface area (Å²) in [5, 5.41) is 1.12. The molecule has 0 saturated heterocycles. The van der Waals surface area contributed by atoms with Crippen molar-refractivity contribution in [2.75, 3.05) is 5.33 Å². The molecule has 12 heavy (non-hydrogen) atoms. The molecule has 0 rings (SSSR count). The predicted molar refractivity (Wildman–Crippen MR) is 65.1 cm³/mol. The molecule has 0 spiro atoms. The predicted octanol–water partition coefficient (Wildman–Crippen LogP) is 4.07. The standard InChI is InChI=1S/C9H16BrIO/c10-8-6-4-2-1-3-5-7-9(11)12/h1-8H2. The van der Waals surface area contributed by atoms with Gasteiger partial charge in [0, 0.05) is 11.8 Å². The van der Waals surface area contributed by atoms with E-state index in [0.29, 0.717) is 3.79 Å². The van der Waals surface area contributed by atoms with Crippen molar-refractivity contribution in [2.45, 2.75) is 44.9 Å². The SMILES string of the molecule is O=C(I)CCCCCCCCBr. The van der Waals surface area contributed by atoms with Crippen LogP contribution in [-0.4, -0.2) is 9.12 Å². The average molecular weight is 347 g/mol. The van der Waals surface area contributed by atoms with Crippen molar-refractivity contribution in [2.24, 2.45) is 0 Å². The number of halogens is 2. The zero-order valence-electron chi connectivity index (χ0n) is 7.32. The molecule has 1 nitrogen and oxygen atoms in total. The first kappa shape index (κ1) is 12.9. The Hall–Kier alpha value is 0.880. The summed E-state index contributed by atoms with van der Waals surface area (Å²) in [6.07, 6.45) is 8.28. The van der Waals surface area contributed by atoms with Gasteiger partial charge in [-0.15, -0.1) is 0 Å². The number of rotatable bonds is 8. The Labute approximate surface area is 96.9 Å². The van der Waals surface area contributed by atoms with Crippen molar-refractivity contribution in [3.8, 4) is 0 Å². The zero-order chi connectivity index (χ0) is 9.23. The van der Waals surface area contributed by atoms with Gasteiger partial charge < -0.3 is 0 Å². The van der Waals surface area contributed by atoms with Gasteiger partial charge in [0.05, 0.1) is 0 Å². The third-order valence-corrected chi connectivity index (χ3v) is 2.86. The lowest BCUT2D eigenvalue weighted by Crippen LogP contribution is -1.85. The molecule has 0 unspecified atom stereocenters. The molecule has 0 amide bonds. The fourth-order valence-corrected chi connectivity index (χ4v) is 1.84. The molecule has 0 heterocycles. The minimum atomic E-state index is 0.299. The Kier molecular flexibility index (Phi) is 10.7. The highest BCUT2D eigenvalue weighted by Gasteiger charge is 1.94. The van der Waals surface area contributed by atoms with E-state index >= 15 is 0 Å². The molecule has 0 aromatic heterocycles. The van der Waals surface area contributed by atoms with E-state index in [0.717, 1.165) is 18.2 Å². The van der Waals surface area contributed by atoms with E-state index in [1.807, 2.05) is 22.6 Å². The molecule has 0 bridgehead atoms. The molecular weight excluding hydrogens is 331 g/mol. The largest absolute Gasteiger partial charge is 0.288 e. The van der Waals surface area contributed by atoms with Crippen molar-refractivity contribution < 1.29 is 4.79 Å². The monoisotopic (exact) mass is 346 g/mol. The number of hydrogen-bond donors (Lipinski definition) is 0. The number of carbonyl (C=O) groups excluding carboxylic acids is 1. The fraction of sp³-hybridized carbons (Fsp3) is 0.889. The number of carbonyl (C=O) groups is 1. The van der Waals surface area contributed by atoms with Gasteiger partial charge in [0.1, 0.15) is 0 Å². The van der Waals surface area contributed by atoms with Crippen LogP contribution in [-0.2, 0) is 4.79 Å². The third kappa shape index (κ3) is 10.9. The lowest BCUT2D eigenvalue weighted by Gasteiger charge is -1.98. The second-order valence-corrected chi connectivity index (χ2v) is 4.91. The first-order chi connectivity index (χ1) is 5.77. The van der Waals surface area contributed by atoms with Gasteiger partial charge in [0.25, 0.3) is 0 Å². The van der Waals surface area contributed by atoms with E-state index in [2.05, 4.69) is 15.9 Å². The Morgan fingerprint density at radius 3 is 2.00 bits per heavy atom. The molecular formula is C9H16BrIO. The summed E-state index contributed by atoms with van der Waals surface area (Å²) < 4.78 is 0.299. The lowest BCUT2D eigenvalue weighted by atomic mass is 10.1. The summed E-state index contributed by atoms with van der Waals surface area (Å²) >= 11 is 5.28. The zero-order valence-corrected chi connectivity index (χ0v) is 11.1. The maximum Gasteiger partial charge on any atom is 0.192 e. The van der Waals surface area contributed by atoms with Crippen LogP contribution >= 0.6 is 38.5 Å². The van der Waals surface area contributed by atoms with Gasteiger partial charge in [-0.1, -0.05) is 41.6 Å². The topological polar surface area (TPSA) is 17.1 Å². The lowest BCUT2D eigenvalue weighted by molar-refractivity contribution is -0.109. The first-order valence-corrected chi connectivity index (χ1v) is 6.71. The van der Waals surface area contributed by atoms with Crippen LogP contribution in [0.15, 0.2) is 0 Å². The molecule has 0 fully saturated rings. The molecule has 0 N–H and O–H groups in total. The normalized spacial score (nSPS) is 10.2. The summed E-state index contributed by atoms with van der Waals surface area (Å²) in [7, 11) is 0. The van der Waals surface area contributed by atoms with Crippen LogP contribution in [0.2, 0.25) is 0 Å². The van der Waals surface area contributed by atoms with E-state index in [9.17, 15) is 4.79 Å². The van der Waals surface area contributed by atoms with Gasteiger partial charge in [0.2, 0.25) is 0 Å². The van der Waals surface area contributed by atoms with Crippen LogP contribution in [0.4, 0.5) is 0 Å². The highest BCUT2D eigenvalue weighted by molar-refractivity contribution is 14.1. The molecule has 0 aromatic rings. The summed E-state index contributed by atoms with van der Waals surface area (Å²) in [6, 6.07) is 0. The molecule has 0 aliphatic carbocycles. The molecule has 0 aromatic carbocycles. The summed E-state index contributed by atoms with van der Waals surface area (Å²) in [5.41, 5.74) is 0. The van der Waals surface area contributed by atoms with E-state index < -0.39 is 0 Å². The molecule has 3 heteroatoms. The van der Waals surface area contributed by atoms with Crippen LogP contribution in [0, 0.1) is 0 Å². The fourth-order valence-electron chi connectivity index (χ4n) is 1.07. The van der Waals surface area contributed by atoms with Crippen LogP contribution in [0.25, 0.3) is 0 Å². The van der Waals surface area contributed by atoms with Gasteiger partial charge in [-0.25, -0.2) is 0 Å². The minimum Gasteiger partial charge on any atom is -0.288 e. The van der Waals surface area contributed by atoms with Crippen molar-refractivity contribution in [1.29, 1.82) is 0 Å². The molecule has 0 radical (unpaired) electrons. The summed E-state index contributed by atoms with van der Waals surface area (Å²) in [5.74, 6) is 0. The number of unbranched alkanes of at least 4 members (excludes halogenated alkanes) is 5. The van der Waals surface area contributed by atoms with Crippen LogP contribution < -0.4 is 0 Å². The average Bonchev–Trinajstić information content (AvgIpc) is 2.02. The van der Waals surface area contributed by atoms with Crippen molar-refractivity contribution in [1.82, 2.24) is 0 Å². The third-order valence-electron chi connectivity index (χ3n) is 1.76. The van der Waals surface area contributed by atoms with Crippen LogP contribution in [0.1, 0.15) is 44.9 Å². The Bertz CT molecular complexity index is 117. The van der Waals surface area contributed by atoms with Gasteiger partial charge in [-0.05, 0) is 35.4 Å². The highest BCUT2D eigenvalue weighted by Crippen LogP contribution is 2.09. The maximum atomic E-state index is 10.6. The van der Waals surface area contributed by atoms with E-state index in [-0.39, 0.29) is 0 Å². The first-order valence-electron chi connectivity index (χ1n) is 4.51. The number of alkyl halides is 1. The second kappa shape index (κ2) is 9.96. The van der Waals surface area contributed by atoms with Gasteiger partial charge in [-0.2, -0.15) is 0 Å². The summed E-state index contributed by atoms with van der Waals surface area (Å²) in [6.45, 7) is 0. The molecule has 0 aliphatic rings.